The number of aliphatic hydroxyl groups is 1. The molecule has 0 heterocycles. The van der Waals surface area contributed by atoms with Crippen molar-refractivity contribution in [3.05, 3.63) is 11.6 Å². The molecule has 0 spiro atoms. The van der Waals surface area contributed by atoms with Crippen molar-refractivity contribution in [3.63, 3.8) is 0 Å². The van der Waals surface area contributed by atoms with Gasteiger partial charge in [-0.05, 0) is 103 Å². The summed E-state index contributed by atoms with van der Waals surface area (Å²) in [6.45, 7) is 19.9. The number of allylic oxidation sites excluding steroid dienone is 2. The highest BCUT2D eigenvalue weighted by Gasteiger charge is 2.66. The van der Waals surface area contributed by atoms with E-state index in [0.29, 0.717) is 22.2 Å². The van der Waals surface area contributed by atoms with Gasteiger partial charge in [0.05, 0.1) is 6.10 Å². The fourth-order valence-corrected chi connectivity index (χ4v) is 10.3. The van der Waals surface area contributed by atoms with Crippen LogP contribution in [-0.4, -0.2) is 11.2 Å². The van der Waals surface area contributed by atoms with Crippen LogP contribution in [0.25, 0.3) is 0 Å². The molecule has 1 heteroatoms. The molecule has 3 fully saturated rings. The van der Waals surface area contributed by atoms with E-state index >= 15 is 0 Å². The number of fused-ring (bicyclic) bond motifs is 5. The Bertz CT molecular complexity index is 718. The Morgan fingerprint density at radius 2 is 1.69 bits per heavy atom. The first-order valence-electron chi connectivity index (χ1n) is 14.3. The summed E-state index contributed by atoms with van der Waals surface area (Å²) in [7, 11) is 0. The van der Waals surface area contributed by atoms with Crippen molar-refractivity contribution in [2.24, 2.45) is 51.2 Å². The van der Waals surface area contributed by atoms with Crippen molar-refractivity contribution in [1.82, 2.24) is 0 Å². The van der Waals surface area contributed by atoms with Gasteiger partial charge in [0.25, 0.3) is 0 Å². The van der Waals surface area contributed by atoms with Gasteiger partial charge in [0, 0.05) is 0 Å². The van der Waals surface area contributed by atoms with Gasteiger partial charge in [0.2, 0.25) is 0 Å². The quantitative estimate of drug-likeness (QED) is 0.407. The smallest absolute Gasteiger partial charge is 0.0594 e. The third-order valence-corrected chi connectivity index (χ3v) is 12.3. The predicted molar refractivity (Wildman–Crippen MR) is 137 cm³/mol. The Labute approximate surface area is 200 Å². The summed E-state index contributed by atoms with van der Waals surface area (Å²) in [5.74, 6) is 3.96. The predicted octanol–water partition coefficient (Wildman–Crippen LogP) is 8.81. The minimum Gasteiger partial charge on any atom is -0.393 e. The zero-order valence-corrected chi connectivity index (χ0v) is 22.8. The van der Waals surface area contributed by atoms with Crippen molar-refractivity contribution in [2.45, 2.75) is 132 Å². The van der Waals surface area contributed by atoms with Crippen LogP contribution in [0.1, 0.15) is 126 Å². The second kappa shape index (κ2) is 8.42. The van der Waals surface area contributed by atoms with Crippen LogP contribution in [0.4, 0.5) is 0 Å². The molecule has 8 atom stereocenters. The van der Waals surface area contributed by atoms with Crippen molar-refractivity contribution < 1.29 is 5.11 Å². The maximum Gasteiger partial charge on any atom is 0.0594 e. The van der Waals surface area contributed by atoms with Crippen LogP contribution in [0.3, 0.4) is 0 Å². The second-order valence-electron chi connectivity index (χ2n) is 14.2. The van der Waals surface area contributed by atoms with E-state index in [-0.39, 0.29) is 11.5 Å². The Hall–Kier alpha value is -0.300. The van der Waals surface area contributed by atoms with E-state index in [1.165, 1.54) is 64.2 Å². The molecule has 0 aromatic carbocycles. The van der Waals surface area contributed by atoms with Gasteiger partial charge in [-0.25, -0.2) is 0 Å². The van der Waals surface area contributed by atoms with Crippen LogP contribution in [0.2, 0.25) is 0 Å². The van der Waals surface area contributed by atoms with E-state index in [0.717, 1.165) is 30.1 Å². The average Bonchev–Trinajstić information content (AvgIpc) is 3.04. The first-order chi connectivity index (χ1) is 14.9. The SMILES string of the molecule is CC[C@@]12CC[C@H]([C@H](C)CCCC(C)C)[C@@]1(C)CC[C@H]1C2=CC[C@H]2C(C)(C)[C@@H](O)CC[C@]12C. The fourth-order valence-electron chi connectivity index (χ4n) is 10.3. The lowest BCUT2D eigenvalue weighted by atomic mass is 9.40. The first-order valence-corrected chi connectivity index (χ1v) is 14.3. The molecule has 0 unspecified atom stereocenters. The van der Waals surface area contributed by atoms with E-state index in [1.54, 1.807) is 0 Å². The van der Waals surface area contributed by atoms with E-state index in [9.17, 15) is 5.11 Å². The molecule has 1 N–H and O–H groups in total. The Morgan fingerprint density at radius 1 is 0.969 bits per heavy atom. The van der Waals surface area contributed by atoms with Gasteiger partial charge in [0.1, 0.15) is 0 Å². The van der Waals surface area contributed by atoms with Crippen molar-refractivity contribution in [2.75, 3.05) is 0 Å². The molecule has 0 amide bonds. The van der Waals surface area contributed by atoms with Gasteiger partial charge in [-0.1, -0.05) is 86.3 Å². The van der Waals surface area contributed by atoms with Crippen molar-refractivity contribution in [1.29, 1.82) is 0 Å². The van der Waals surface area contributed by atoms with E-state index in [1.807, 2.05) is 5.57 Å². The summed E-state index contributed by atoms with van der Waals surface area (Å²) in [5.41, 5.74) is 3.21. The van der Waals surface area contributed by atoms with Gasteiger partial charge in [0.15, 0.2) is 0 Å². The second-order valence-corrected chi connectivity index (χ2v) is 14.2. The summed E-state index contributed by atoms with van der Waals surface area (Å²) >= 11 is 0. The largest absolute Gasteiger partial charge is 0.393 e. The zero-order valence-electron chi connectivity index (χ0n) is 22.8. The van der Waals surface area contributed by atoms with Crippen LogP contribution in [0, 0.1) is 51.2 Å². The Balaban J connectivity index is 1.64. The molecule has 32 heavy (non-hydrogen) atoms. The maximum absolute atomic E-state index is 10.9. The highest BCUT2D eigenvalue weighted by Crippen LogP contribution is 2.74. The monoisotopic (exact) mass is 442 g/mol. The van der Waals surface area contributed by atoms with Gasteiger partial charge in [-0.2, -0.15) is 0 Å². The van der Waals surface area contributed by atoms with Crippen LogP contribution >= 0.6 is 0 Å². The molecule has 3 saturated carbocycles. The highest BCUT2D eigenvalue weighted by molar-refractivity contribution is 5.34. The van der Waals surface area contributed by atoms with E-state index in [4.69, 9.17) is 0 Å². The minimum absolute atomic E-state index is 0.0400. The summed E-state index contributed by atoms with van der Waals surface area (Å²) in [6, 6.07) is 0. The molecule has 0 aromatic rings. The number of hydrogen-bond acceptors (Lipinski definition) is 1. The molecule has 4 rings (SSSR count). The molecular formula is C31H54O. The van der Waals surface area contributed by atoms with E-state index < -0.39 is 0 Å². The maximum atomic E-state index is 10.9. The molecule has 0 radical (unpaired) electrons. The molecule has 4 aliphatic rings. The summed E-state index contributed by atoms with van der Waals surface area (Å²) < 4.78 is 0. The highest BCUT2D eigenvalue weighted by atomic mass is 16.3. The third-order valence-electron chi connectivity index (χ3n) is 12.3. The molecule has 0 aliphatic heterocycles. The summed E-state index contributed by atoms with van der Waals surface area (Å²) in [4.78, 5) is 0. The zero-order chi connectivity index (χ0) is 23.5. The lowest BCUT2D eigenvalue weighted by Gasteiger charge is -2.65. The molecular weight excluding hydrogens is 388 g/mol. The van der Waals surface area contributed by atoms with Crippen LogP contribution in [0.15, 0.2) is 11.6 Å². The minimum atomic E-state index is -0.132. The van der Waals surface area contributed by atoms with Gasteiger partial charge >= 0.3 is 0 Å². The first kappa shape index (κ1) is 24.8. The topological polar surface area (TPSA) is 20.2 Å². The van der Waals surface area contributed by atoms with Crippen molar-refractivity contribution >= 4 is 0 Å². The molecule has 184 valence electrons. The number of rotatable bonds is 6. The number of hydrogen-bond donors (Lipinski definition) is 1. The third kappa shape index (κ3) is 3.41. The van der Waals surface area contributed by atoms with Gasteiger partial charge in [-0.15, -0.1) is 0 Å². The lowest BCUT2D eigenvalue weighted by molar-refractivity contribution is -0.133. The van der Waals surface area contributed by atoms with Gasteiger partial charge < -0.3 is 5.11 Å². The number of aliphatic hydroxyl groups excluding tert-OH is 1. The average molecular weight is 443 g/mol. The van der Waals surface area contributed by atoms with Crippen LogP contribution in [0.5, 0.6) is 0 Å². The lowest BCUT2D eigenvalue weighted by Crippen LogP contribution is -2.58. The van der Waals surface area contributed by atoms with E-state index in [2.05, 4.69) is 61.5 Å². The fraction of sp³-hybridized carbons (Fsp3) is 0.935. The molecule has 4 aliphatic carbocycles. The molecule has 1 nitrogen and oxygen atoms in total. The van der Waals surface area contributed by atoms with Crippen LogP contribution in [-0.2, 0) is 0 Å². The molecule has 0 saturated heterocycles. The normalized spacial score (nSPS) is 46.2. The standard InChI is InChI=1S/C31H54O/c1-9-31-20-16-23(22(4)12-10-11-21(2)3)30(31,8)19-15-24-25(31)13-14-26-28(5,6)27(32)17-18-29(24,26)7/h13,21-24,26-27,32H,9-12,14-20H2,1-8H3/t22-,23-,24+,26+,27+,29-,30-,31+/m1/s1. The van der Waals surface area contributed by atoms with Gasteiger partial charge in [-0.3, -0.25) is 0 Å². The molecule has 0 aromatic heterocycles. The Kier molecular flexibility index (Phi) is 6.53. The summed E-state index contributed by atoms with van der Waals surface area (Å²) in [5, 5.41) is 10.9. The van der Waals surface area contributed by atoms with Crippen molar-refractivity contribution in [3.8, 4) is 0 Å². The summed E-state index contributed by atoms with van der Waals surface area (Å²) in [6.07, 6.45) is 17.2. The van der Waals surface area contributed by atoms with Crippen LogP contribution < -0.4 is 0 Å². The molecule has 0 bridgehead atoms. The Morgan fingerprint density at radius 3 is 2.34 bits per heavy atom.